The lowest BCUT2D eigenvalue weighted by atomic mass is 9.99. The summed E-state index contributed by atoms with van der Waals surface area (Å²) in [5.41, 5.74) is 1.16. The van der Waals surface area contributed by atoms with Gasteiger partial charge in [-0.05, 0) is 19.4 Å². The first kappa shape index (κ1) is 13.1. The summed E-state index contributed by atoms with van der Waals surface area (Å²) in [7, 11) is 0. The van der Waals surface area contributed by atoms with Crippen molar-refractivity contribution in [1.29, 1.82) is 0 Å². The molecular formula is C14H16N2O3. The highest BCUT2D eigenvalue weighted by Gasteiger charge is 2.30. The molecule has 19 heavy (non-hydrogen) atoms. The number of carbonyl (C=O) groups excluding carboxylic acids is 2. The van der Waals surface area contributed by atoms with E-state index in [4.69, 9.17) is 4.74 Å². The summed E-state index contributed by atoms with van der Waals surface area (Å²) in [4.78, 5) is 24.1. The molecule has 1 aromatic rings. The maximum Gasteiger partial charge on any atom is 0.322 e. The maximum atomic E-state index is 12.4. The van der Waals surface area contributed by atoms with Crippen molar-refractivity contribution < 1.29 is 14.3 Å². The molecule has 0 bridgehead atoms. The van der Waals surface area contributed by atoms with E-state index in [0.717, 1.165) is 5.56 Å². The molecule has 1 aliphatic rings. The molecule has 1 heterocycles. The molecule has 1 aliphatic heterocycles. The van der Waals surface area contributed by atoms with Crippen LogP contribution in [0, 0.1) is 0 Å². The number of hydrogen-bond donors (Lipinski definition) is 2. The Hall–Kier alpha value is -2.30. The molecule has 0 aliphatic carbocycles. The minimum absolute atomic E-state index is 0.173. The molecule has 1 unspecified atom stereocenters. The van der Waals surface area contributed by atoms with E-state index in [0.29, 0.717) is 12.2 Å². The molecule has 0 spiro atoms. The number of ether oxygens (including phenoxy) is 1. The number of urea groups is 1. The Bertz CT molecular complexity index is 523. The summed E-state index contributed by atoms with van der Waals surface area (Å²) < 4.78 is 5.29. The first-order chi connectivity index (χ1) is 9.13. The van der Waals surface area contributed by atoms with Gasteiger partial charge >= 0.3 is 6.03 Å². The largest absolute Gasteiger partial charge is 0.479 e. The Kier molecular flexibility index (Phi) is 3.85. The molecule has 1 aromatic carbocycles. The third kappa shape index (κ3) is 2.76. The minimum Gasteiger partial charge on any atom is -0.479 e. The number of benzene rings is 1. The van der Waals surface area contributed by atoms with Gasteiger partial charge in [0.05, 0.1) is 12.2 Å². The summed E-state index contributed by atoms with van der Waals surface area (Å²) in [5.74, 6) is 0.0523. The normalized spacial score (nSPS) is 19.6. The number of nitrogens with one attached hydrogen (secondary N) is 2. The van der Waals surface area contributed by atoms with E-state index in [2.05, 4.69) is 10.6 Å². The third-order valence-electron chi connectivity index (χ3n) is 2.90. The summed E-state index contributed by atoms with van der Waals surface area (Å²) >= 11 is 0. The highest BCUT2D eigenvalue weighted by molar-refractivity contribution is 6.03. The van der Waals surface area contributed by atoms with Crippen LogP contribution in [-0.2, 0) is 9.53 Å². The molecule has 2 amide bonds. The zero-order valence-corrected chi connectivity index (χ0v) is 10.9. The van der Waals surface area contributed by atoms with Gasteiger partial charge in [0.25, 0.3) is 0 Å². The van der Waals surface area contributed by atoms with E-state index >= 15 is 0 Å². The van der Waals surface area contributed by atoms with Gasteiger partial charge in [0.1, 0.15) is 6.04 Å². The van der Waals surface area contributed by atoms with E-state index in [1.807, 2.05) is 30.3 Å². The zero-order chi connectivity index (χ0) is 13.8. The Morgan fingerprint density at radius 1 is 1.21 bits per heavy atom. The van der Waals surface area contributed by atoms with Crippen molar-refractivity contribution in [3.05, 3.63) is 47.4 Å². The van der Waals surface area contributed by atoms with Crippen molar-refractivity contribution in [2.45, 2.75) is 19.9 Å². The molecule has 2 rings (SSSR count). The number of hydrogen-bond acceptors (Lipinski definition) is 3. The van der Waals surface area contributed by atoms with Crippen LogP contribution >= 0.6 is 0 Å². The molecule has 0 radical (unpaired) electrons. The van der Waals surface area contributed by atoms with E-state index in [-0.39, 0.29) is 11.7 Å². The number of Topliss-reactive ketones (excluding diaryl/α,β-unsaturated/α-hetero) is 1. The molecule has 1 atom stereocenters. The van der Waals surface area contributed by atoms with Crippen LogP contribution in [0.25, 0.3) is 0 Å². The van der Waals surface area contributed by atoms with Crippen molar-refractivity contribution in [1.82, 2.24) is 10.6 Å². The maximum absolute atomic E-state index is 12.4. The van der Waals surface area contributed by atoms with Gasteiger partial charge in [-0.25, -0.2) is 4.79 Å². The smallest absolute Gasteiger partial charge is 0.322 e. The van der Waals surface area contributed by atoms with Crippen LogP contribution in [0.4, 0.5) is 4.79 Å². The van der Waals surface area contributed by atoms with Crippen molar-refractivity contribution in [3.63, 3.8) is 0 Å². The van der Waals surface area contributed by atoms with Crippen LogP contribution in [0.5, 0.6) is 0 Å². The average Bonchev–Trinajstić information content (AvgIpc) is 2.52. The van der Waals surface area contributed by atoms with Gasteiger partial charge in [-0.1, -0.05) is 30.3 Å². The second kappa shape index (κ2) is 5.56. The van der Waals surface area contributed by atoms with Gasteiger partial charge in [-0.3, -0.25) is 10.1 Å². The van der Waals surface area contributed by atoms with Gasteiger partial charge in [0.15, 0.2) is 5.78 Å². The van der Waals surface area contributed by atoms with Crippen molar-refractivity contribution in [2.24, 2.45) is 0 Å². The fraction of sp³-hybridized carbons (Fsp3) is 0.286. The second-order valence-electron chi connectivity index (χ2n) is 4.19. The Balaban J connectivity index is 2.37. The molecule has 2 N–H and O–H groups in total. The number of amides is 2. The average molecular weight is 260 g/mol. The molecule has 0 aromatic heterocycles. The van der Waals surface area contributed by atoms with Gasteiger partial charge in [0, 0.05) is 0 Å². The molecule has 0 fully saturated rings. The fourth-order valence-electron chi connectivity index (χ4n) is 1.93. The molecule has 5 heteroatoms. The van der Waals surface area contributed by atoms with E-state index in [9.17, 15) is 9.59 Å². The Morgan fingerprint density at radius 3 is 2.53 bits per heavy atom. The standard InChI is InChI=1S/C14H16N2O3/c1-3-19-13-9(2)12(17)11(15-14(18)16-13)10-7-5-4-6-8-10/h4-8,11H,3H2,1-2H3,(H2,15,16,18). The van der Waals surface area contributed by atoms with E-state index in [1.54, 1.807) is 13.8 Å². The van der Waals surface area contributed by atoms with Crippen LogP contribution in [-0.4, -0.2) is 18.4 Å². The summed E-state index contributed by atoms with van der Waals surface area (Å²) in [6.07, 6.45) is 0. The highest BCUT2D eigenvalue weighted by atomic mass is 16.5. The number of ketones is 1. The summed E-state index contributed by atoms with van der Waals surface area (Å²) in [5, 5.41) is 5.19. The predicted octanol–water partition coefficient (Wildman–Crippen LogP) is 1.88. The summed E-state index contributed by atoms with van der Waals surface area (Å²) in [6, 6.07) is 8.01. The van der Waals surface area contributed by atoms with Crippen molar-refractivity contribution >= 4 is 11.8 Å². The Morgan fingerprint density at radius 2 is 1.89 bits per heavy atom. The number of carbonyl (C=O) groups is 2. The summed E-state index contributed by atoms with van der Waals surface area (Å²) in [6.45, 7) is 3.83. The lowest BCUT2D eigenvalue weighted by molar-refractivity contribution is -0.117. The molecule has 5 nitrogen and oxygen atoms in total. The van der Waals surface area contributed by atoms with Crippen LogP contribution in [0.1, 0.15) is 25.5 Å². The van der Waals surface area contributed by atoms with Gasteiger partial charge in [0.2, 0.25) is 5.88 Å². The lowest BCUT2D eigenvalue weighted by Gasteiger charge is -2.14. The van der Waals surface area contributed by atoms with Crippen LogP contribution in [0.2, 0.25) is 0 Å². The molecule has 0 saturated carbocycles. The van der Waals surface area contributed by atoms with Crippen molar-refractivity contribution in [2.75, 3.05) is 6.61 Å². The number of rotatable bonds is 3. The zero-order valence-electron chi connectivity index (χ0n) is 10.9. The monoisotopic (exact) mass is 260 g/mol. The Labute approximate surface area is 111 Å². The van der Waals surface area contributed by atoms with E-state index < -0.39 is 12.1 Å². The second-order valence-corrected chi connectivity index (χ2v) is 4.19. The fourth-order valence-corrected chi connectivity index (χ4v) is 1.93. The highest BCUT2D eigenvalue weighted by Crippen LogP contribution is 2.21. The van der Waals surface area contributed by atoms with Gasteiger partial charge in [-0.2, -0.15) is 0 Å². The van der Waals surface area contributed by atoms with Crippen LogP contribution in [0.15, 0.2) is 41.8 Å². The quantitative estimate of drug-likeness (QED) is 0.872. The van der Waals surface area contributed by atoms with Crippen molar-refractivity contribution in [3.8, 4) is 0 Å². The molecule has 0 saturated heterocycles. The minimum atomic E-state index is -0.681. The first-order valence-electron chi connectivity index (χ1n) is 6.13. The van der Waals surface area contributed by atoms with Gasteiger partial charge < -0.3 is 10.1 Å². The topological polar surface area (TPSA) is 67.4 Å². The molecule has 100 valence electrons. The predicted molar refractivity (Wildman–Crippen MR) is 70.2 cm³/mol. The van der Waals surface area contributed by atoms with E-state index in [1.165, 1.54) is 0 Å². The third-order valence-corrected chi connectivity index (χ3v) is 2.90. The van der Waals surface area contributed by atoms with Gasteiger partial charge in [-0.15, -0.1) is 0 Å². The SMILES string of the molecule is CCOC1=C(C)C(=O)C(c2ccccc2)NC(=O)N1. The lowest BCUT2D eigenvalue weighted by Crippen LogP contribution is -2.37. The van der Waals surface area contributed by atoms with Crippen LogP contribution in [0.3, 0.4) is 0 Å². The first-order valence-corrected chi connectivity index (χ1v) is 6.13. The van der Waals surface area contributed by atoms with Crippen LogP contribution < -0.4 is 10.6 Å². The molecular weight excluding hydrogens is 244 g/mol.